The van der Waals surface area contributed by atoms with E-state index in [1.807, 2.05) is 24.3 Å². The SMILES string of the molecule is C=CC1CC(C)(C)Oc2ccc(OC)cc21. The fraction of sp³-hybridized carbons (Fsp3) is 0.429. The average molecular weight is 218 g/mol. The van der Waals surface area contributed by atoms with Gasteiger partial charge in [0, 0.05) is 11.5 Å². The number of ether oxygens (including phenoxy) is 2. The van der Waals surface area contributed by atoms with Gasteiger partial charge in [0.2, 0.25) is 0 Å². The number of methoxy groups -OCH3 is 1. The second-order valence-corrected chi connectivity index (χ2v) is 4.81. The zero-order chi connectivity index (χ0) is 11.8. The van der Waals surface area contributed by atoms with Crippen LogP contribution in [0.1, 0.15) is 31.7 Å². The van der Waals surface area contributed by atoms with Crippen LogP contribution in [0.3, 0.4) is 0 Å². The molecule has 1 atom stereocenters. The van der Waals surface area contributed by atoms with Crippen LogP contribution in [-0.4, -0.2) is 12.7 Å². The Hall–Kier alpha value is -1.44. The molecule has 2 rings (SSSR count). The smallest absolute Gasteiger partial charge is 0.124 e. The summed E-state index contributed by atoms with van der Waals surface area (Å²) in [5, 5.41) is 0. The lowest BCUT2D eigenvalue weighted by molar-refractivity contribution is 0.0783. The van der Waals surface area contributed by atoms with E-state index in [-0.39, 0.29) is 5.60 Å². The second kappa shape index (κ2) is 3.85. The van der Waals surface area contributed by atoms with Crippen LogP contribution in [0.25, 0.3) is 0 Å². The molecule has 86 valence electrons. The monoisotopic (exact) mass is 218 g/mol. The first-order valence-corrected chi connectivity index (χ1v) is 5.55. The van der Waals surface area contributed by atoms with Gasteiger partial charge >= 0.3 is 0 Å². The summed E-state index contributed by atoms with van der Waals surface area (Å²) in [6.07, 6.45) is 2.94. The molecule has 0 radical (unpaired) electrons. The van der Waals surface area contributed by atoms with Gasteiger partial charge in [-0.05, 0) is 38.5 Å². The van der Waals surface area contributed by atoms with Crippen molar-refractivity contribution in [3.8, 4) is 11.5 Å². The third-order valence-electron chi connectivity index (χ3n) is 3.00. The zero-order valence-corrected chi connectivity index (χ0v) is 10.1. The van der Waals surface area contributed by atoms with E-state index in [9.17, 15) is 0 Å². The van der Waals surface area contributed by atoms with E-state index in [1.54, 1.807) is 7.11 Å². The van der Waals surface area contributed by atoms with E-state index in [4.69, 9.17) is 9.47 Å². The first-order valence-electron chi connectivity index (χ1n) is 5.55. The standard InChI is InChI=1S/C14H18O2/c1-5-10-9-14(2,3)16-13-7-6-11(15-4)8-12(10)13/h5-8,10H,1,9H2,2-4H3. The fourth-order valence-corrected chi connectivity index (χ4v) is 2.23. The van der Waals surface area contributed by atoms with Crippen molar-refractivity contribution in [3.05, 3.63) is 36.4 Å². The Morgan fingerprint density at radius 3 is 2.88 bits per heavy atom. The number of benzene rings is 1. The number of rotatable bonds is 2. The molecular formula is C14H18O2. The molecule has 0 saturated heterocycles. The minimum atomic E-state index is -0.125. The molecule has 0 aliphatic carbocycles. The van der Waals surface area contributed by atoms with E-state index in [1.165, 1.54) is 5.56 Å². The van der Waals surface area contributed by atoms with E-state index < -0.39 is 0 Å². The molecule has 1 aromatic carbocycles. The summed E-state index contributed by atoms with van der Waals surface area (Å²) in [6.45, 7) is 8.12. The minimum absolute atomic E-state index is 0.125. The van der Waals surface area contributed by atoms with Crippen LogP contribution >= 0.6 is 0 Å². The Labute approximate surface area is 96.9 Å². The van der Waals surface area contributed by atoms with Crippen molar-refractivity contribution < 1.29 is 9.47 Å². The molecule has 1 unspecified atom stereocenters. The molecule has 2 nitrogen and oxygen atoms in total. The first kappa shape index (κ1) is 11.1. The Balaban J connectivity index is 2.46. The van der Waals surface area contributed by atoms with Gasteiger partial charge in [-0.3, -0.25) is 0 Å². The van der Waals surface area contributed by atoms with Crippen LogP contribution in [0, 0.1) is 0 Å². The number of hydrogen-bond acceptors (Lipinski definition) is 2. The van der Waals surface area contributed by atoms with Crippen LogP contribution in [0.2, 0.25) is 0 Å². The Morgan fingerprint density at radius 1 is 1.50 bits per heavy atom. The molecular weight excluding hydrogens is 200 g/mol. The quantitative estimate of drug-likeness (QED) is 0.707. The highest BCUT2D eigenvalue weighted by atomic mass is 16.5. The van der Waals surface area contributed by atoms with Crippen LogP contribution in [0.5, 0.6) is 11.5 Å². The highest BCUT2D eigenvalue weighted by Crippen LogP contribution is 2.42. The van der Waals surface area contributed by atoms with Crippen molar-refractivity contribution in [1.29, 1.82) is 0 Å². The summed E-state index contributed by atoms with van der Waals surface area (Å²) in [5.41, 5.74) is 1.05. The van der Waals surface area contributed by atoms with Crippen molar-refractivity contribution in [2.45, 2.75) is 31.8 Å². The van der Waals surface area contributed by atoms with Gasteiger partial charge in [0.05, 0.1) is 7.11 Å². The van der Waals surface area contributed by atoms with Crippen molar-refractivity contribution in [2.24, 2.45) is 0 Å². The summed E-state index contributed by atoms with van der Waals surface area (Å²) in [4.78, 5) is 0. The normalized spacial score (nSPS) is 21.8. The predicted molar refractivity (Wildman–Crippen MR) is 65.3 cm³/mol. The average Bonchev–Trinajstić information content (AvgIpc) is 2.26. The van der Waals surface area contributed by atoms with E-state index in [2.05, 4.69) is 20.4 Å². The van der Waals surface area contributed by atoms with Crippen LogP contribution in [-0.2, 0) is 0 Å². The molecule has 0 fully saturated rings. The van der Waals surface area contributed by atoms with Crippen LogP contribution in [0.4, 0.5) is 0 Å². The van der Waals surface area contributed by atoms with Crippen molar-refractivity contribution >= 4 is 0 Å². The Kier molecular flexibility index (Phi) is 2.66. The third-order valence-corrected chi connectivity index (χ3v) is 3.00. The molecule has 0 spiro atoms. The van der Waals surface area contributed by atoms with Gasteiger partial charge in [-0.2, -0.15) is 0 Å². The number of hydrogen-bond donors (Lipinski definition) is 0. The van der Waals surface area contributed by atoms with Crippen molar-refractivity contribution in [3.63, 3.8) is 0 Å². The molecule has 1 heterocycles. The molecule has 1 aliphatic heterocycles. The lowest BCUT2D eigenvalue weighted by atomic mass is 9.84. The summed E-state index contributed by atoms with van der Waals surface area (Å²) in [7, 11) is 1.68. The number of allylic oxidation sites excluding steroid dienone is 1. The number of fused-ring (bicyclic) bond motifs is 1. The van der Waals surface area contributed by atoms with E-state index >= 15 is 0 Å². The van der Waals surface area contributed by atoms with Crippen LogP contribution < -0.4 is 9.47 Å². The van der Waals surface area contributed by atoms with Crippen molar-refractivity contribution in [2.75, 3.05) is 7.11 Å². The molecule has 1 aromatic rings. The second-order valence-electron chi connectivity index (χ2n) is 4.81. The van der Waals surface area contributed by atoms with E-state index in [0.717, 1.165) is 17.9 Å². The van der Waals surface area contributed by atoms with Gasteiger partial charge in [-0.15, -0.1) is 6.58 Å². The van der Waals surface area contributed by atoms with Crippen molar-refractivity contribution in [1.82, 2.24) is 0 Å². The van der Waals surface area contributed by atoms with Gasteiger partial charge in [0.1, 0.15) is 17.1 Å². The maximum absolute atomic E-state index is 5.95. The maximum atomic E-state index is 5.95. The third kappa shape index (κ3) is 1.92. The van der Waals surface area contributed by atoms with E-state index in [0.29, 0.717) is 5.92 Å². The molecule has 0 N–H and O–H groups in total. The molecule has 0 saturated carbocycles. The molecule has 2 heteroatoms. The maximum Gasteiger partial charge on any atom is 0.124 e. The molecule has 0 bridgehead atoms. The highest BCUT2D eigenvalue weighted by Gasteiger charge is 2.32. The van der Waals surface area contributed by atoms with Gasteiger partial charge in [-0.25, -0.2) is 0 Å². The molecule has 1 aliphatic rings. The lowest BCUT2D eigenvalue weighted by Crippen LogP contribution is -2.34. The fourth-order valence-electron chi connectivity index (χ4n) is 2.23. The highest BCUT2D eigenvalue weighted by molar-refractivity contribution is 5.45. The zero-order valence-electron chi connectivity index (χ0n) is 10.1. The summed E-state index contributed by atoms with van der Waals surface area (Å²) >= 11 is 0. The summed E-state index contributed by atoms with van der Waals surface area (Å²) in [6, 6.07) is 5.95. The molecule has 0 aromatic heterocycles. The molecule has 0 amide bonds. The largest absolute Gasteiger partial charge is 0.497 e. The summed E-state index contributed by atoms with van der Waals surface area (Å²) in [5.74, 6) is 2.16. The minimum Gasteiger partial charge on any atom is -0.497 e. The van der Waals surface area contributed by atoms with Gasteiger partial charge < -0.3 is 9.47 Å². The lowest BCUT2D eigenvalue weighted by Gasteiger charge is -2.36. The first-order chi connectivity index (χ1) is 7.55. The summed E-state index contributed by atoms with van der Waals surface area (Å²) < 4.78 is 11.2. The van der Waals surface area contributed by atoms with Crippen LogP contribution in [0.15, 0.2) is 30.9 Å². The topological polar surface area (TPSA) is 18.5 Å². The molecule has 16 heavy (non-hydrogen) atoms. The Bertz CT molecular complexity index is 407. The predicted octanol–water partition coefficient (Wildman–Crippen LogP) is 3.53. The van der Waals surface area contributed by atoms with Gasteiger partial charge in [-0.1, -0.05) is 6.08 Å². The van der Waals surface area contributed by atoms with Gasteiger partial charge in [0.15, 0.2) is 0 Å². The Morgan fingerprint density at radius 2 is 2.25 bits per heavy atom. The van der Waals surface area contributed by atoms with Gasteiger partial charge in [0.25, 0.3) is 0 Å².